The first-order valence-electron chi connectivity index (χ1n) is 9.11. The topological polar surface area (TPSA) is 95.1 Å². The van der Waals surface area contributed by atoms with Gasteiger partial charge in [-0.25, -0.2) is 4.39 Å². The van der Waals surface area contributed by atoms with Crippen LogP contribution in [0.4, 0.5) is 4.39 Å². The van der Waals surface area contributed by atoms with E-state index < -0.39 is 37.1 Å². The first-order chi connectivity index (χ1) is 13.5. The maximum absolute atomic E-state index is 13.1. The molecule has 0 bridgehead atoms. The number of aromatic nitrogens is 1. The lowest BCUT2D eigenvalue weighted by atomic mass is 9.91. The highest BCUT2D eigenvalue weighted by molar-refractivity contribution is 5.81. The van der Waals surface area contributed by atoms with Crippen molar-refractivity contribution in [3.8, 4) is 0 Å². The Hall–Kier alpha value is -2.29. The van der Waals surface area contributed by atoms with Crippen molar-refractivity contribution in [1.82, 2.24) is 4.57 Å². The molecule has 4 rings (SSSR count). The molecule has 5 atom stereocenters. The molecular weight excluding hydrogens is 365 g/mol. The molecule has 2 heterocycles. The third kappa shape index (κ3) is 3.43. The minimum Gasteiger partial charge on any atom is -0.394 e. The maximum Gasteiger partial charge on any atom is 0.123 e. The molecule has 1 fully saturated rings. The Morgan fingerprint density at radius 1 is 0.929 bits per heavy atom. The number of benzene rings is 2. The lowest BCUT2D eigenvalue weighted by Crippen LogP contribution is -2.55. The van der Waals surface area contributed by atoms with Gasteiger partial charge in [-0.2, -0.15) is 0 Å². The highest BCUT2D eigenvalue weighted by Crippen LogP contribution is 2.34. The number of fused-ring (bicyclic) bond motifs is 1. The van der Waals surface area contributed by atoms with E-state index >= 15 is 0 Å². The molecule has 4 N–H and O–H groups in total. The smallest absolute Gasteiger partial charge is 0.123 e. The normalized spacial score (nSPS) is 28.0. The maximum atomic E-state index is 13.1. The van der Waals surface area contributed by atoms with Crippen molar-refractivity contribution in [3.05, 3.63) is 71.7 Å². The van der Waals surface area contributed by atoms with Crippen LogP contribution in [0.25, 0.3) is 10.9 Å². The first kappa shape index (κ1) is 19.0. The second-order valence-corrected chi connectivity index (χ2v) is 7.14. The zero-order valence-electron chi connectivity index (χ0n) is 15.0. The molecule has 1 aromatic heterocycles. The van der Waals surface area contributed by atoms with Crippen LogP contribution in [0.5, 0.6) is 0 Å². The van der Waals surface area contributed by atoms with E-state index in [4.69, 9.17) is 4.74 Å². The molecule has 28 heavy (non-hydrogen) atoms. The molecule has 148 valence electrons. The molecule has 0 radical (unpaired) electrons. The summed E-state index contributed by atoms with van der Waals surface area (Å²) in [6.45, 7) is 0.0759. The number of hydrogen-bond acceptors (Lipinski definition) is 5. The van der Waals surface area contributed by atoms with Crippen molar-refractivity contribution in [2.45, 2.75) is 37.1 Å². The largest absolute Gasteiger partial charge is 0.394 e. The average Bonchev–Trinajstić information content (AvgIpc) is 3.10. The minimum atomic E-state index is -1.42. The van der Waals surface area contributed by atoms with Crippen molar-refractivity contribution >= 4 is 10.9 Å². The fourth-order valence-electron chi connectivity index (χ4n) is 3.68. The highest BCUT2D eigenvalue weighted by Gasteiger charge is 2.43. The molecule has 1 aliphatic heterocycles. The SMILES string of the molecule is OC[C@H]1O[C@@H](c2ccc3ccn(Cc4ccc(F)cc4)c3c2)[C@H](O)[C@@H](O)[C@@H]1O. The molecule has 0 spiro atoms. The van der Waals surface area contributed by atoms with Crippen LogP contribution < -0.4 is 0 Å². The predicted octanol–water partition coefficient (Wildman–Crippen LogP) is 1.34. The Bertz CT molecular complexity index is 955. The van der Waals surface area contributed by atoms with Crippen LogP contribution in [0.2, 0.25) is 0 Å². The van der Waals surface area contributed by atoms with Crippen LogP contribution in [-0.2, 0) is 11.3 Å². The van der Waals surface area contributed by atoms with E-state index in [0.29, 0.717) is 12.1 Å². The van der Waals surface area contributed by atoms with Gasteiger partial charge in [0.1, 0.15) is 36.3 Å². The number of hydrogen-bond donors (Lipinski definition) is 4. The van der Waals surface area contributed by atoms with Gasteiger partial charge in [0.2, 0.25) is 0 Å². The lowest BCUT2D eigenvalue weighted by Gasteiger charge is -2.40. The molecule has 0 amide bonds. The second-order valence-electron chi connectivity index (χ2n) is 7.14. The van der Waals surface area contributed by atoms with Crippen molar-refractivity contribution < 1.29 is 29.6 Å². The summed E-state index contributed by atoms with van der Waals surface area (Å²) in [5, 5.41) is 40.7. The summed E-state index contributed by atoms with van der Waals surface area (Å²) in [6, 6.07) is 13.8. The Morgan fingerprint density at radius 2 is 1.68 bits per heavy atom. The summed E-state index contributed by atoms with van der Waals surface area (Å²) in [5.41, 5.74) is 2.46. The summed E-state index contributed by atoms with van der Waals surface area (Å²) in [6.07, 6.45) is -4.04. The predicted molar refractivity (Wildman–Crippen MR) is 100 cm³/mol. The monoisotopic (exact) mass is 387 g/mol. The Kier molecular flexibility index (Phi) is 5.18. The van der Waals surface area contributed by atoms with Gasteiger partial charge in [0.15, 0.2) is 0 Å². The first-order valence-corrected chi connectivity index (χ1v) is 9.11. The van der Waals surface area contributed by atoms with E-state index in [0.717, 1.165) is 16.5 Å². The second kappa shape index (κ2) is 7.62. The van der Waals surface area contributed by atoms with Crippen LogP contribution in [0.15, 0.2) is 54.7 Å². The summed E-state index contributed by atoms with van der Waals surface area (Å²) < 4.78 is 20.8. The molecule has 1 saturated heterocycles. The molecular formula is C21H22FNO5. The quantitative estimate of drug-likeness (QED) is 0.542. The average molecular weight is 387 g/mol. The minimum absolute atomic E-state index is 0.286. The van der Waals surface area contributed by atoms with Gasteiger partial charge in [-0.15, -0.1) is 0 Å². The molecule has 3 aromatic rings. The van der Waals surface area contributed by atoms with Crippen molar-refractivity contribution in [3.63, 3.8) is 0 Å². The van der Waals surface area contributed by atoms with Crippen LogP contribution in [0.3, 0.4) is 0 Å². The summed E-state index contributed by atoms with van der Waals surface area (Å²) in [7, 11) is 0. The highest BCUT2D eigenvalue weighted by atomic mass is 19.1. The zero-order valence-corrected chi connectivity index (χ0v) is 15.0. The van der Waals surface area contributed by atoms with Gasteiger partial charge >= 0.3 is 0 Å². The fourth-order valence-corrected chi connectivity index (χ4v) is 3.68. The summed E-state index contributed by atoms with van der Waals surface area (Å²) >= 11 is 0. The van der Waals surface area contributed by atoms with Crippen LogP contribution in [-0.4, -0.2) is 56.0 Å². The van der Waals surface area contributed by atoms with Crippen LogP contribution in [0, 0.1) is 5.82 Å². The van der Waals surface area contributed by atoms with Crippen molar-refractivity contribution in [2.75, 3.05) is 6.61 Å². The number of halogens is 1. The third-order valence-corrected chi connectivity index (χ3v) is 5.28. The zero-order chi connectivity index (χ0) is 19.8. The Labute approximate surface area is 161 Å². The van der Waals surface area contributed by atoms with Crippen molar-refractivity contribution in [2.24, 2.45) is 0 Å². The van der Waals surface area contributed by atoms with E-state index in [1.807, 2.05) is 29.0 Å². The number of ether oxygens (including phenoxy) is 1. The number of nitrogens with zero attached hydrogens (tertiary/aromatic N) is 1. The molecule has 0 aliphatic carbocycles. The van der Waals surface area contributed by atoms with E-state index in [-0.39, 0.29) is 5.82 Å². The van der Waals surface area contributed by atoms with E-state index in [2.05, 4.69) is 0 Å². The van der Waals surface area contributed by atoms with E-state index in [9.17, 15) is 24.8 Å². The van der Waals surface area contributed by atoms with Gasteiger partial charge in [0, 0.05) is 18.3 Å². The van der Waals surface area contributed by atoms with Gasteiger partial charge in [-0.05, 0) is 40.8 Å². The molecule has 7 heteroatoms. The molecule has 0 unspecified atom stereocenters. The number of rotatable bonds is 4. The van der Waals surface area contributed by atoms with E-state index in [1.165, 1.54) is 12.1 Å². The lowest BCUT2D eigenvalue weighted by molar-refractivity contribution is -0.231. The standard InChI is InChI=1S/C21H22FNO5/c22-15-5-1-12(2-6-15)10-23-8-7-13-3-4-14(9-16(13)23)21-20(27)19(26)18(25)17(11-24)28-21/h1-9,17-21,24-27H,10-11H2/t17-,18-,19+,20-,21+/m1/s1. The van der Waals surface area contributed by atoms with Gasteiger partial charge in [-0.1, -0.05) is 24.3 Å². The van der Waals surface area contributed by atoms with Crippen LogP contribution in [0.1, 0.15) is 17.2 Å². The van der Waals surface area contributed by atoms with Gasteiger partial charge < -0.3 is 29.7 Å². The van der Waals surface area contributed by atoms with Crippen LogP contribution >= 0.6 is 0 Å². The fraction of sp³-hybridized carbons (Fsp3) is 0.333. The van der Waals surface area contributed by atoms with Gasteiger partial charge in [0.05, 0.1) is 6.61 Å². The van der Waals surface area contributed by atoms with Gasteiger partial charge in [-0.3, -0.25) is 0 Å². The molecule has 0 saturated carbocycles. The Morgan fingerprint density at radius 3 is 2.39 bits per heavy atom. The summed E-state index contributed by atoms with van der Waals surface area (Å²) in [4.78, 5) is 0. The van der Waals surface area contributed by atoms with E-state index in [1.54, 1.807) is 18.2 Å². The summed E-state index contributed by atoms with van der Waals surface area (Å²) in [5.74, 6) is -0.286. The molecule has 1 aliphatic rings. The Balaban J connectivity index is 1.66. The molecule has 6 nitrogen and oxygen atoms in total. The third-order valence-electron chi connectivity index (χ3n) is 5.28. The number of aliphatic hydroxyl groups is 4. The molecule has 2 aromatic carbocycles. The van der Waals surface area contributed by atoms with Gasteiger partial charge in [0.25, 0.3) is 0 Å². The number of aliphatic hydroxyl groups excluding tert-OH is 4. The van der Waals surface area contributed by atoms with Crippen molar-refractivity contribution in [1.29, 1.82) is 0 Å².